The molecule has 0 radical (unpaired) electrons. The highest BCUT2D eigenvalue weighted by atomic mass is 35.5. The number of sulfonamides is 1. The molecule has 0 fully saturated rings. The first-order valence-electron chi connectivity index (χ1n) is 8.23. The van der Waals surface area contributed by atoms with E-state index >= 15 is 0 Å². The van der Waals surface area contributed by atoms with Crippen molar-refractivity contribution in [2.24, 2.45) is 0 Å². The first-order chi connectivity index (χ1) is 14.7. The van der Waals surface area contributed by atoms with Gasteiger partial charge in [0.15, 0.2) is 5.69 Å². The number of halogens is 7. The molecule has 0 bridgehead atoms. The normalized spacial score (nSPS) is 12.1. The van der Waals surface area contributed by atoms with Gasteiger partial charge in [-0.05, 0) is 37.3 Å². The Morgan fingerprint density at radius 2 is 1.62 bits per heavy atom. The SMILES string of the molecule is Cc1c(C(=O)NS(=O)(=O)c2cc(C(F)(F)F)ccc2Cl)nnn1-c1c(Cl)cc(Cl)cc1Cl. The molecule has 0 atom stereocenters. The first-order valence-corrected chi connectivity index (χ1v) is 11.2. The summed E-state index contributed by atoms with van der Waals surface area (Å²) >= 11 is 23.9. The van der Waals surface area contributed by atoms with Crippen LogP contribution >= 0.6 is 46.4 Å². The number of aromatic nitrogens is 3. The maximum absolute atomic E-state index is 12.9. The maximum Gasteiger partial charge on any atom is 0.416 e. The van der Waals surface area contributed by atoms with E-state index in [1.54, 1.807) is 4.72 Å². The van der Waals surface area contributed by atoms with Crippen LogP contribution in [0.2, 0.25) is 20.1 Å². The summed E-state index contributed by atoms with van der Waals surface area (Å²) in [5.74, 6) is -1.26. The second kappa shape index (κ2) is 8.71. The van der Waals surface area contributed by atoms with Crippen molar-refractivity contribution >= 4 is 62.3 Å². The Bertz CT molecular complexity index is 1320. The summed E-state index contributed by atoms with van der Waals surface area (Å²) in [6.07, 6.45) is -4.82. The fourth-order valence-corrected chi connectivity index (χ4v) is 5.06. The van der Waals surface area contributed by atoms with Crippen LogP contribution in [-0.4, -0.2) is 29.3 Å². The smallest absolute Gasteiger partial charge is 0.266 e. The molecule has 3 aromatic rings. The molecule has 15 heteroatoms. The van der Waals surface area contributed by atoms with E-state index in [0.717, 1.165) is 10.7 Å². The maximum atomic E-state index is 12.9. The monoisotopic (exact) mass is 546 g/mol. The van der Waals surface area contributed by atoms with Crippen molar-refractivity contribution in [3.8, 4) is 5.69 Å². The van der Waals surface area contributed by atoms with Crippen molar-refractivity contribution in [3.63, 3.8) is 0 Å². The van der Waals surface area contributed by atoms with E-state index in [1.165, 1.54) is 19.1 Å². The highest BCUT2D eigenvalue weighted by Gasteiger charge is 2.33. The van der Waals surface area contributed by atoms with Crippen LogP contribution in [0.15, 0.2) is 35.2 Å². The second-order valence-corrected chi connectivity index (χ2v) is 9.54. The Kier molecular flexibility index (Phi) is 6.69. The zero-order valence-corrected chi connectivity index (χ0v) is 19.3. The van der Waals surface area contributed by atoms with Gasteiger partial charge in [-0.3, -0.25) is 4.79 Å². The molecule has 0 saturated heterocycles. The third-order valence-corrected chi connectivity index (χ3v) is 6.69. The predicted molar refractivity (Wildman–Crippen MR) is 112 cm³/mol. The van der Waals surface area contributed by atoms with E-state index in [0.29, 0.717) is 12.1 Å². The van der Waals surface area contributed by atoms with Gasteiger partial charge in [-0.25, -0.2) is 17.8 Å². The minimum Gasteiger partial charge on any atom is -0.266 e. The summed E-state index contributed by atoms with van der Waals surface area (Å²) in [4.78, 5) is 11.6. The molecule has 0 saturated carbocycles. The summed E-state index contributed by atoms with van der Waals surface area (Å²) in [6, 6.07) is 4.42. The quantitative estimate of drug-likeness (QED) is 0.476. The zero-order chi connectivity index (χ0) is 24.0. The molecule has 3 rings (SSSR count). The number of carbonyl (C=O) groups is 1. The molecule has 0 aliphatic rings. The van der Waals surface area contributed by atoms with Crippen LogP contribution in [0, 0.1) is 6.92 Å². The van der Waals surface area contributed by atoms with E-state index in [2.05, 4.69) is 10.3 Å². The van der Waals surface area contributed by atoms with Gasteiger partial charge in [0, 0.05) is 5.02 Å². The van der Waals surface area contributed by atoms with Gasteiger partial charge in [0.05, 0.1) is 26.3 Å². The van der Waals surface area contributed by atoms with E-state index in [1.807, 2.05) is 0 Å². The average molecular weight is 548 g/mol. The number of alkyl halides is 3. The molecule has 2 aromatic carbocycles. The molecule has 0 spiro atoms. The van der Waals surface area contributed by atoms with Crippen molar-refractivity contribution in [1.82, 2.24) is 19.7 Å². The van der Waals surface area contributed by atoms with Crippen molar-refractivity contribution < 1.29 is 26.4 Å². The van der Waals surface area contributed by atoms with Gasteiger partial charge in [-0.1, -0.05) is 51.6 Å². The number of rotatable bonds is 4. The third kappa shape index (κ3) is 4.81. The van der Waals surface area contributed by atoms with Crippen molar-refractivity contribution in [3.05, 3.63) is 67.4 Å². The Hall–Kier alpha value is -2.05. The summed E-state index contributed by atoms with van der Waals surface area (Å²) in [6.45, 7) is 1.38. The number of nitrogens with zero attached hydrogens (tertiary/aromatic N) is 3. The molecule has 0 aliphatic carbocycles. The van der Waals surface area contributed by atoms with Gasteiger partial charge in [0.1, 0.15) is 10.6 Å². The van der Waals surface area contributed by atoms with Crippen LogP contribution in [0.25, 0.3) is 5.69 Å². The molecule has 1 aromatic heterocycles. The third-order valence-electron chi connectivity index (χ3n) is 4.08. The lowest BCUT2D eigenvalue weighted by atomic mass is 10.2. The highest BCUT2D eigenvalue weighted by molar-refractivity contribution is 7.90. The van der Waals surface area contributed by atoms with Gasteiger partial charge in [-0.15, -0.1) is 5.10 Å². The Labute approximate surface area is 199 Å². The molecular weight excluding hydrogens is 539 g/mol. The molecule has 32 heavy (non-hydrogen) atoms. The molecule has 1 heterocycles. The zero-order valence-electron chi connectivity index (χ0n) is 15.5. The van der Waals surface area contributed by atoms with E-state index in [-0.39, 0.29) is 26.4 Å². The van der Waals surface area contributed by atoms with E-state index < -0.39 is 43.3 Å². The lowest BCUT2D eigenvalue weighted by Crippen LogP contribution is -2.31. The number of amides is 1. The summed E-state index contributed by atoms with van der Waals surface area (Å²) < 4.78 is 66.7. The Morgan fingerprint density at radius 1 is 1.03 bits per heavy atom. The van der Waals surface area contributed by atoms with Crippen LogP contribution in [0.5, 0.6) is 0 Å². The van der Waals surface area contributed by atoms with Crippen molar-refractivity contribution in [1.29, 1.82) is 0 Å². The Balaban J connectivity index is 1.97. The average Bonchev–Trinajstić information content (AvgIpc) is 3.01. The highest BCUT2D eigenvalue weighted by Crippen LogP contribution is 2.34. The number of benzene rings is 2. The fraction of sp³-hybridized carbons (Fsp3) is 0.118. The molecule has 170 valence electrons. The first kappa shape index (κ1) is 24.6. The van der Waals surface area contributed by atoms with Gasteiger partial charge >= 0.3 is 6.18 Å². The lowest BCUT2D eigenvalue weighted by molar-refractivity contribution is -0.137. The van der Waals surface area contributed by atoms with E-state index in [9.17, 15) is 26.4 Å². The number of carbonyl (C=O) groups excluding carboxylic acids is 1. The lowest BCUT2D eigenvalue weighted by Gasteiger charge is -2.12. The van der Waals surface area contributed by atoms with Crippen LogP contribution in [0.3, 0.4) is 0 Å². The molecule has 0 aliphatic heterocycles. The number of nitrogens with one attached hydrogen (secondary N) is 1. The standard InChI is InChI=1S/C17H9Cl4F3N4O3S/c1-7-14(25-27-28(7)15-11(20)5-9(18)6-12(15)21)16(29)26-32(30,31)13-4-8(17(22,23)24)2-3-10(13)19/h2-6H,1H3,(H,26,29). The summed E-state index contributed by atoms with van der Waals surface area (Å²) in [7, 11) is -4.79. The minimum atomic E-state index is -4.82. The summed E-state index contributed by atoms with van der Waals surface area (Å²) in [5, 5.41) is 7.25. The van der Waals surface area contributed by atoms with Crippen LogP contribution < -0.4 is 4.72 Å². The number of hydrogen-bond acceptors (Lipinski definition) is 5. The van der Waals surface area contributed by atoms with Crippen LogP contribution in [-0.2, 0) is 16.2 Å². The van der Waals surface area contributed by atoms with E-state index in [4.69, 9.17) is 46.4 Å². The van der Waals surface area contributed by atoms with Gasteiger partial charge in [-0.2, -0.15) is 13.2 Å². The molecule has 0 unspecified atom stereocenters. The van der Waals surface area contributed by atoms with Gasteiger partial charge in [0.2, 0.25) is 0 Å². The minimum absolute atomic E-state index is 0.0407. The Morgan fingerprint density at radius 3 is 2.19 bits per heavy atom. The summed E-state index contributed by atoms with van der Waals surface area (Å²) in [5.41, 5.74) is -1.54. The van der Waals surface area contributed by atoms with Crippen LogP contribution in [0.4, 0.5) is 13.2 Å². The molecule has 7 nitrogen and oxygen atoms in total. The largest absolute Gasteiger partial charge is 0.416 e. The van der Waals surface area contributed by atoms with Gasteiger partial charge in [0.25, 0.3) is 15.9 Å². The fourth-order valence-electron chi connectivity index (χ4n) is 2.60. The second-order valence-electron chi connectivity index (χ2n) is 6.23. The number of hydrogen-bond donors (Lipinski definition) is 1. The van der Waals surface area contributed by atoms with Gasteiger partial charge < -0.3 is 0 Å². The molecule has 1 amide bonds. The topological polar surface area (TPSA) is 93.9 Å². The van der Waals surface area contributed by atoms with Crippen molar-refractivity contribution in [2.45, 2.75) is 18.0 Å². The predicted octanol–water partition coefficient (Wildman–Crippen LogP) is 5.33. The van der Waals surface area contributed by atoms with Crippen molar-refractivity contribution in [2.75, 3.05) is 0 Å². The molecule has 1 N–H and O–H groups in total. The van der Waals surface area contributed by atoms with Crippen LogP contribution in [0.1, 0.15) is 21.7 Å². The molecular formula is C17H9Cl4F3N4O3S.